The van der Waals surface area contributed by atoms with Gasteiger partial charge < -0.3 is 9.63 Å². The summed E-state index contributed by atoms with van der Waals surface area (Å²) in [5.41, 5.74) is 0. The van der Waals surface area contributed by atoms with Crippen molar-refractivity contribution in [2.75, 3.05) is 0 Å². The highest BCUT2D eigenvalue weighted by molar-refractivity contribution is 4.90. The summed E-state index contributed by atoms with van der Waals surface area (Å²) in [7, 11) is 0. The average Bonchev–Trinajstić information content (AvgIpc) is 2.52. The molecule has 0 aliphatic rings. The zero-order valence-electron chi connectivity index (χ0n) is 7.45. The van der Waals surface area contributed by atoms with E-state index in [1.807, 2.05) is 6.92 Å². The lowest BCUT2D eigenvalue weighted by Crippen LogP contribution is -1.93. The van der Waals surface area contributed by atoms with Crippen molar-refractivity contribution >= 4 is 0 Å². The second kappa shape index (κ2) is 4.21. The molecule has 0 aliphatic heterocycles. The van der Waals surface area contributed by atoms with E-state index in [1.165, 1.54) is 0 Å². The van der Waals surface area contributed by atoms with Gasteiger partial charge in [-0.2, -0.15) is 4.98 Å². The van der Waals surface area contributed by atoms with E-state index in [4.69, 9.17) is 9.63 Å². The second-order valence-corrected chi connectivity index (χ2v) is 2.90. The predicted molar refractivity (Wildman–Crippen MR) is 43.5 cm³/mol. The Labute approximate surface area is 71.6 Å². The summed E-state index contributed by atoms with van der Waals surface area (Å²) in [5.74, 6) is 1.29. The van der Waals surface area contributed by atoms with Crippen molar-refractivity contribution in [3.8, 4) is 0 Å². The Balaban J connectivity index is 2.61. The zero-order valence-corrected chi connectivity index (χ0v) is 7.45. The normalized spacial score (nSPS) is 13.2. The first kappa shape index (κ1) is 9.19. The van der Waals surface area contributed by atoms with Gasteiger partial charge in [-0.25, -0.2) is 0 Å². The molecule has 4 heteroatoms. The summed E-state index contributed by atoms with van der Waals surface area (Å²) < 4.78 is 4.95. The van der Waals surface area contributed by atoms with E-state index in [2.05, 4.69) is 17.1 Å². The van der Waals surface area contributed by atoms with Crippen molar-refractivity contribution < 1.29 is 9.63 Å². The minimum Gasteiger partial charge on any atom is -0.388 e. The molecule has 0 bridgehead atoms. The molecule has 0 aromatic carbocycles. The molecule has 0 saturated heterocycles. The van der Waals surface area contributed by atoms with Crippen LogP contribution in [-0.2, 0) is 6.61 Å². The Hall–Kier alpha value is -0.900. The van der Waals surface area contributed by atoms with Gasteiger partial charge in [0.2, 0.25) is 5.89 Å². The third kappa shape index (κ3) is 2.04. The van der Waals surface area contributed by atoms with Crippen molar-refractivity contribution in [2.45, 2.75) is 39.2 Å². The van der Waals surface area contributed by atoms with E-state index >= 15 is 0 Å². The molecular weight excluding hydrogens is 156 g/mol. The van der Waals surface area contributed by atoms with E-state index in [-0.39, 0.29) is 6.61 Å². The summed E-state index contributed by atoms with van der Waals surface area (Å²) in [6.45, 7) is 4.00. The summed E-state index contributed by atoms with van der Waals surface area (Å²) in [4.78, 5) is 4.02. The number of nitrogens with zero attached hydrogens (tertiary/aromatic N) is 2. The first-order chi connectivity index (χ1) is 5.77. The summed E-state index contributed by atoms with van der Waals surface area (Å²) >= 11 is 0. The molecule has 4 nitrogen and oxygen atoms in total. The van der Waals surface area contributed by atoms with E-state index in [0.29, 0.717) is 17.6 Å². The lowest BCUT2D eigenvalue weighted by molar-refractivity contribution is 0.262. The van der Waals surface area contributed by atoms with E-state index in [9.17, 15) is 0 Å². The molecular formula is C8H14N2O2. The average molecular weight is 170 g/mol. The number of aliphatic hydroxyl groups is 1. The summed E-state index contributed by atoms with van der Waals surface area (Å²) in [5, 5.41) is 12.3. The monoisotopic (exact) mass is 170 g/mol. The van der Waals surface area contributed by atoms with Crippen molar-refractivity contribution in [1.82, 2.24) is 10.1 Å². The van der Waals surface area contributed by atoms with Crippen molar-refractivity contribution in [3.63, 3.8) is 0 Å². The highest BCUT2D eigenvalue weighted by Crippen LogP contribution is 2.17. The fourth-order valence-corrected chi connectivity index (χ4v) is 1.09. The molecule has 0 radical (unpaired) electrons. The van der Waals surface area contributed by atoms with Gasteiger partial charge in [0.15, 0.2) is 5.82 Å². The maximum absolute atomic E-state index is 8.68. The molecule has 68 valence electrons. The molecule has 0 amide bonds. The fourth-order valence-electron chi connectivity index (χ4n) is 1.09. The Kier molecular flexibility index (Phi) is 3.22. The van der Waals surface area contributed by atoms with Crippen LogP contribution in [0, 0.1) is 0 Å². The minimum atomic E-state index is -0.150. The number of rotatable bonds is 4. The van der Waals surface area contributed by atoms with Crippen LogP contribution in [0.25, 0.3) is 0 Å². The molecule has 0 saturated carbocycles. The molecule has 0 spiro atoms. The van der Waals surface area contributed by atoms with Gasteiger partial charge in [-0.05, 0) is 6.42 Å². The number of hydrogen-bond donors (Lipinski definition) is 1. The Bertz CT molecular complexity index is 235. The Morgan fingerprint density at radius 1 is 1.58 bits per heavy atom. The molecule has 1 aromatic rings. The Morgan fingerprint density at radius 3 is 2.83 bits per heavy atom. The largest absolute Gasteiger partial charge is 0.388 e. The van der Waals surface area contributed by atoms with Crippen LogP contribution in [0.2, 0.25) is 0 Å². The van der Waals surface area contributed by atoms with Crippen molar-refractivity contribution in [1.29, 1.82) is 0 Å². The summed E-state index contributed by atoms with van der Waals surface area (Å²) in [6, 6.07) is 0. The van der Waals surface area contributed by atoms with Gasteiger partial charge in [0.05, 0.1) is 0 Å². The molecule has 0 aliphatic carbocycles. The number of aromatic nitrogens is 2. The predicted octanol–water partition coefficient (Wildman–Crippen LogP) is 1.47. The molecule has 1 heterocycles. The molecule has 1 unspecified atom stereocenters. The fraction of sp³-hybridized carbons (Fsp3) is 0.750. The van der Waals surface area contributed by atoms with E-state index < -0.39 is 0 Å². The van der Waals surface area contributed by atoms with Gasteiger partial charge in [-0.3, -0.25) is 0 Å². The third-order valence-electron chi connectivity index (χ3n) is 1.77. The SMILES string of the molecule is CCCC(C)c1nc(CO)no1. The topological polar surface area (TPSA) is 59.2 Å². The smallest absolute Gasteiger partial charge is 0.229 e. The maximum atomic E-state index is 8.68. The van der Waals surface area contributed by atoms with Crippen LogP contribution in [0.4, 0.5) is 0 Å². The molecule has 1 aromatic heterocycles. The first-order valence-electron chi connectivity index (χ1n) is 4.21. The van der Waals surface area contributed by atoms with Crippen molar-refractivity contribution in [2.24, 2.45) is 0 Å². The Morgan fingerprint density at radius 2 is 2.33 bits per heavy atom. The zero-order chi connectivity index (χ0) is 8.97. The van der Waals surface area contributed by atoms with Gasteiger partial charge in [0.1, 0.15) is 6.61 Å². The standard InChI is InChI=1S/C8H14N2O2/c1-3-4-6(2)8-9-7(5-11)10-12-8/h6,11H,3-5H2,1-2H3. The van der Waals surface area contributed by atoms with E-state index in [0.717, 1.165) is 12.8 Å². The third-order valence-corrected chi connectivity index (χ3v) is 1.77. The van der Waals surface area contributed by atoms with E-state index in [1.54, 1.807) is 0 Å². The van der Waals surface area contributed by atoms with Crippen LogP contribution in [0.15, 0.2) is 4.52 Å². The first-order valence-corrected chi connectivity index (χ1v) is 4.21. The lowest BCUT2D eigenvalue weighted by Gasteiger charge is -2.01. The van der Waals surface area contributed by atoms with Crippen LogP contribution in [-0.4, -0.2) is 15.2 Å². The van der Waals surface area contributed by atoms with Gasteiger partial charge in [0.25, 0.3) is 0 Å². The number of hydrogen-bond acceptors (Lipinski definition) is 4. The molecule has 12 heavy (non-hydrogen) atoms. The van der Waals surface area contributed by atoms with Gasteiger partial charge in [-0.1, -0.05) is 25.4 Å². The van der Waals surface area contributed by atoms with Gasteiger partial charge in [-0.15, -0.1) is 0 Å². The van der Waals surface area contributed by atoms with Crippen LogP contribution in [0.3, 0.4) is 0 Å². The highest BCUT2D eigenvalue weighted by Gasteiger charge is 2.12. The molecule has 1 atom stereocenters. The molecule has 1 rings (SSSR count). The maximum Gasteiger partial charge on any atom is 0.229 e. The minimum absolute atomic E-state index is 0.150. The quantitative estimate of drug-likeness (QED) is 0.743. The van der Waals surface area contributed by atoms with Crippen molar-refractivity contribution in [3.05, 3.63) is 11.7 Å². The van der Waals surface area contributed by atoms with Crippen LogP contribution >= 0.6 is 0 Å². The molecule has 1 N–H and O–H groups in total. The molecule has 0 fully saturated rings. The van der Waals surface area contributed by atoms with Gasteiger partial charge >= 0.3 is 0 Å². The van der Waals surface area contributed by atoms with Crippen LogP contribution in [0.1, 0.15) is 44.3 Å². The van der Waals surface area contributed by atoms with Crippen LogP contribution in [0.5, 0.6) is 0 Å². The van der Waals surface area contributed by atoms with Crippen LogP contribution < -0.4 is 0 Å². The number of aliphatic hydroxyl groups excluding tert-OH is 1. The second-order valence-electron chi connectivity index (χ2n) is 2.90. The summed E-state index contributed by atoms with van der Waals surface area (Å²) in [6.07, 6.45) is 2.13. The highest BCUT2D eigenvalue weighted by atomic mass is 16.5. The lowest BCUT2D eigenvalue weighted by atomic mass is 10.1. The van der Waals surface area contributed by atoms with Gasteiger partial charge in [0, 0.05) is 5.92 Å².